The number of amides is 1. The molecule has 26 heavy (non-hydrogen) atoms. The highest BCUT2D eigenvalue weighted by Gasteiger charge is 2.20. The Morgan fingerprint density at radius 1 is 1.35 bits per heavy atom. The number of thioether (sulfide) groups is 1. The minimum atomic E-state index is -1.33. The molecule has 0 unspecified atom stereocenters. The molecule has 1 amide bonds. The Hall–Kier alpha value is -2.48. The Morgan fingerprint density at radius 2 is 2.08 bits per heavy atom. The van der Waals surface area contributed by atoms with Gasteiger partial charge < -0.3 is 24.4 Å². The van der Waals surface area contributed by atoms with Crippen molar-refractivity contribution >= 4 is 34.6 Å². The fourth-order valence-corrected chi connectivity index (χ4v) is 2.88. The first kappa shape index (κ1) is 19.8. The van der Waals surface area contributed by atoms with E-state index in [9.17, 15) is 19.5 Å². The average Bonchev–Trinajstić information content (AvgIpc) is 2.57. The maximum absolute atomic E-state index is 12.2. The maximum atomic E-state index is 12.2. The number of carbonyl (C=O) groups excluding carboxylic acids is 2. The van der Waals surface area contributed by atoms with Gasteiger partial charge in [-0.15, -0.1) is 0 Å². The summed E-state index contributed by atoms with van der Waals surface area (Å²) in [6.07, 6.45) is 1.18. The SMILES string of the molecule is CSCC[C@@H](NC(=O)[C@H](C)Oc1ccc2c(C)cc(=O)oc2c1)C(=O)[O-]. The number of carbonyl (C=O) groups is 2. The molecule has 0 fully saturated rings. The lowest BCUT2D eigenvalue weighted by molar-refractivity contribution is -0.308. The van der Waals surface area contributed by atoms with Gasteiger partial charge in [0.25, 0.3) is 5.91 Å². The molecular weight excluding hydrogens is 358 g/mol. The molecule has 2 aromatic rings. The number of nitrogens with one attached hydrogen (secondary N) is 1. The first-order valence-electron chi connectivity index (χ1n) is 8.03. The van der Waals surface area contributed by atoms with E-state index in [1.165, 1.54) is 30.8 Å². The molecule has 8 heteroatoms. The quantitative estimate of drug-likeness (QED) is 0.679. The van der Waals surface area contributed by atoms with Gasteiger partial charge in [0.1, 0.15) is 11.3 Å². The van der Waals surface area contributed by atoms with Crippen molar-refractivity contribution in [3.63, 3.8) is 0 Å². The number of carboxylic acid groups (broad SMARTS) is 1. The highest BCUT2D eigenvalue weighted by molar-refractivity contribution is 7.98. The number of benzene rings is 1. The van der Waals surface area contributed by atoms with Crippen LogP contribution in [0.2, 0.25) is 0 Å². The molecule has 1 aromatic heterocycles. The van der Waals surface area contributed by atoms with Crippen LogP contribution in [0.4, 0.5) is 0 Å². The third-order valence-electron chi connectivity index (χ3n) is 3.82. The summed E-state index contributed by atoms with van der Waals surface area (Å²) in [6.45, 7) is 3.30. The molecule has 2 rings (SSSR count). The summed E-state index contributed by atoms with van der Waals surface area (Å²) in [6, 6.07) is 5.24. The zero-order valence-electron chi connectivity index (χ0n) is 14.7. The van der Waals surface area contributed by atoms with Crippen LogP contribution in [0.15, 0.2) is 33.5 Å². The largest absolute Gasteiger partial charge is 0.548 e. The van der Waals surface area contributed by atoms with Gasteiger partial charge in [0.2, 0.25) is 0 Å². The van der Waals surface area contributed by atoms with Crippen LogP contribution in [0.3, 0.4) is 0 Å². The molecule has 0 saturated carbocycles. The van der Waals surface area contributed by atoms with Gasteiger partial charge in [-0.25, -0.2) is 4.79 Å². The summed E-state index contributed by atoms with van der Waals surface area (Å²) in [5.74, 6) is -0.978. The van der Waals surface area contributed by atoms with Gasteiger partial charge in [-0.05, 0) is 50.0 Å². The van der Waals surface area contributed by atoms with Crippen molar-refractivity contribution < 1.29 is 23.8 Å². The monoisotopic (exact) mass is 378 g/mol. The molecule has 1 N–H and O–H groups in total. The van der Waals surface area contributed by atoms with Crippen LogP contribution in [-0.2, 0) is 9.59 Å². The van der Waals surface area contributed by atoms with Crippen LogP contribution in [0.1, 0.15) is 18.9 Å². The van der Waals surface area contributed by atoms with Crippen molar-refractivity contribution in [1.82, 2.24) is 5.32 Å². The smallest absolute Gasteiger partial charge is 0.336 e. The number of ether oxygens (including phenoxy) is 1. The van der Waals surface area contributed by atoms with Crippen molar-refractivity contribution in [1.29, 1.82) is 0 Å². The van der Waals surface area contributed by atoms with Crippen molar-refractivity contribution in [3.8, 4) is 5.75 Å². The second kappa shape index (κ2) is 8.75. The second-order valence-electron chi connectivity index (χ2n) is 5.83. The van der Waals surface area contributed by atoms with Crippen molar-refractivity contribution in [2.45, 2.75) is 32.4 Å². The van der Waals surface area contributed by atoms with E-state index in [-0.39, 0.29) is 6.42 Å². The molecule has 1 aromatic carbocycles. The molecule has 0 bridgehead atoms. The van der Waals surface area contributed by atoms with E-state index in [4.69, 9.17) is 9.15 Å². The van der Waals surface area contributed by atoms with E-state index >= 15 is 0 Å². The number of fused-ring (bicyclic) bond motifs is 1. The average molecular weight is 378 g/mol. The fraction of sp³-hybridized carbons (Fsp3) is 0.389. The van der Waals surface area contributed by atoms with Crippen LogP contribution in [-0.4, -0.2) is 36.0 Å². The molecule has 140 valence electrons. The maximum Gasteiger partial charge on any atom is 0.336 e. The standard InChI is InChI=1S/C18H21NO6S/c1-10-8-16(20)25-15-9-12(4-5-13(10)15)24-11(2)17(21)19-14(18(22)23)6-7-26-3/h4-5,8-9,11,14H,6-7H2,1-3H3,(H,19,21)(H,22,23)/p-1/t11-,14+/m0/s1. The van der Waals surface area contributed by atoms with Crippen LogP contribution >= 0.6 is 11.8 Å². The minimum absolute atomic E-state index is 0.266. The van der Waals surface area contributed by atoms with Gasteiger partial charge in [-0.1, -0.05) is 0 Å². The molecule has 0 aliphatic carbocycles. The normalized spacial score (nSPS) is 13.2. The number of hydrogen-bond donors (Lipinski definition) is 1. The van der Waals surface area contributed by atoms with E-state index in [0.717, 1.165) is 10.9 Å². The van der Waals surface area contributed by atoms with Gasteiger partial charge in [0.05, 0.1) is 12.0 Å². The molecule has 0 spiro atoms. The first-order chi connectivity index (χ1) is 12.3. The molecule has 0 aliphatic rings. The molecule has 1 heterocycles. The van der Waals surface area contributed by atoms with Crippen molar-refractivity contribution in [2.24, 2.45) is 0 Å². The summed E-state index contributed by atoms with van der Waals surface area (Å²) in [4.78, 5) is 34.8. The van der Waals surface area contributed by atoms with Gasteiger partial charge in [0, 0.05) is 17.5 Å². The van der Waals surface area contributed by atoms with Gasteiger partial charge in [-0.3, -0.25) is 4.79 Å². The molecule has 0 saturated heterocycles. The number of hydrogen-bond acceptors (Lipinski definition) is 7. The Bertz CT molecular complexity index is 862. The third-order valence-corrected chi connectivity index (χ3v) is 4.46. The summed E-state index contributed by atoms with van der Waals surface area (Å²) in [5.41, 5.74) is 0.662. The highest BCUT2D eigenvalue weighted by atomic mass is 32.2. The van der Waals surface area contributed by atoms with E-state index in [1.807, 2.05) is 6.26 Å². The molecular formula is C18H20NO6S-. The predicted octanol–water partition coefficient (Wildman–Crippen LogP) is 0.857. The number of aryl methyl sites for hydroxylation is 1. The van der Waals surface area contributed by atoms with E-state index in [0.29, 0.717) is 17.1 Å². The first-order valence-corrected chi connectivity index (χ1v) is 9.42. The van der Waals surface area contributed by atoms with E-state index in [1.54, 1.807) is 19.1 Å². The van der Waals surface area contributed by atoms with Gasteiger partial charge in [-0.2, -0.15) is 11.8 Å². The number of rotatable bonds is 8. The van der Waals surface area contributed by atoms with Gasteiger partial charge >= 0.3 is 5.63 Å². The van der Waals surface area contributed by atoms with Crippen LogP contribution in [0.5, 0.6) is 5.75 Å². The van der Waals surface area contributed by atoms with E-state index in [2.05, 4.69) is 5.32 Å². The minimum Gasteiger partial charge on any atom is -0.548 e. The lowest BCUT2D eigenvalue weighted by Gasteiger charge is -2.22. The third kappa shape index (κ3) is 5.01. The van der Waals surface area contributed by atoms with Crippen LogP contribution in [0.25, 0.3) is 11.0 Å². The lowest BCUT2D eigenvalue weighted by atomic mass is 10.1. The number of carboxylic acids is 1. The fourth-order valence-electron chi connectivity index (χ4n) is 2.41. The Kier molecular flexibility index (Phi) is 6.68. The van der Waals surface area contributed by atoms with Crippen LogP contribution < -0.4 is 20.8 Å². The van der Waals surface area contributed by atoms with Crippen molar-refractivity contribution in [3.05, 3.63) is 40.2 Å². The molecule has 0 aliphatic heterocycles. The topological polar surface area (TPSA) is 109 Å². The predicted molar refractivity (Wildman–Crippen MR) is 97.2 cm³/mol. The lowest BCUT2D eigenvalue weighted by Crippen LogP contribution is -2.51. The Balaban J connectivity index is 2.09. The van der Waals surface area contributed by atoms with Crippen molar-refractivity contribution in [2.75, 3.05) is 12.0 Å². The second-order valence-corrected chi connectivity index (χ2v) is 6.81. The number of aliphatic carboxylic acids is 1. The summed E-state index contributed by atoms with van der Waals surface area (Å²) in [5, 5.41) is 14.3. The Morgan fingerprint density at radius 3 is 2.73 bits per heavy atom. The van der Waals surface area contributed by atoms with Crippen LogP contribution in [0, 0.1) is 6.92 Å². The summed E-state index contributed by atoms with van der Waals surface area (Å²) < 4.78 is 10.7. The Labute approximate surface area is 154 Å². The zero-order valence-corrected chi connectivity index (χ0v) is 15.6. The molecule has 2 atom stereocenters. The highest BCUT2D eigenvalue weighted by Crippen LogP contribution is 2.23. The summed E-state index contributed by atoms with van der Waals surface area (Å²) >= 11 is 1.48. The molecule has 0 radical (unpaired) electrons. The van der Waals surface area contributed by atoms with Gasteiger partial charge in [0.15, 0.2) is 6.10 Å². The molecule has 7 nitrogen and oxygen atoms in total. The van der Waals surface area contributed by atoms with E-state index < -0.39 is 29.6 Å². The summed E-state index contributed by atoms with van der Waals surface area (Å²) in [7, 11) is 0. The zero-order chi connectivity index (χ0) is 19.3.